The zero-order valence-electron chi connectivity index (χ0n) is 13.1. The van der Waals surface area contributed by atoms with Gasteiger partial charge in [-0.3, -0.25) is 9.59 Å². The lowest BCUT2D eigenvalue weighted by atomic mass is 9.97. The second kappa shape index (κ2) is 7.29. The number of ether oxygens (including phenoxy) is 1. The maximum absolute atomic E-state index is 12.6. The number of carbonyl (C=O) groups is 2. The molecule has 1 aliphatic rings. The standard InChI is InChI=1S/C17H23NO4/c1-3-12(2)22-15-8-4-6-13(10-15)16(19)18-9-5-7-14(11-18)17(20)21/h4,6,8,10,12,14H,3,5,7,9,11H2,1-2H3,(H,20,21). The van der Waals surface area contributed by atoms with Gasteiger partial charge in [0.1, 0.15) is 5.75 Å². The van der Waals surface area contributed by atoms with Crippen LogP contribution in [0, 0.1) is 5.92 Å². The number of carboxylic acids is 1. The first-order valence-electron chi connectivity index (χ1n) is 7.80. The second-order valence-electron chi connectivity index (χ2n) is 5.79. The molecule has 0 bridgehead atoms. The van der Waals surface area contributed by atoms with E-state index in [1.165, 1.54) is 0 Å². The van der Waals surface area contributed by atoms with Crippen LogP contribution >= 0.6 is 0 Å². The van der Waals surface area contributed by atoms with Crippen LogP contribution in [0.15, 0.2) is 24.3 Å². The molecule has 1 aliphatic heterocycles. The van der Waals surface area contributed by atoms with E-state index < -0.39 is 11.9 Å². The number of piperidine rings is 1. The zero-order chi connectivity index (χ0) is 16.1. The Morgan fingerprint density at radius 2 is 2.23 bits per heavy atom. The van der Waals surface area contributed by atoms with Crippen LogP contribution in [0.1, 0.15) is 43.5 Å². The third kappa shape index (κ3) is 4.00. The van der Waals surface area contributed by atoms with Gasteiger partial charge in [0.05, 0.1) is 12.0 Å². The number of likely N-dealkylation sites (tertiary alicyclic amines) is 1. The minimum absolute atomic E-state index is 0.0942. The molecule has 1 saturated heterocycles. The van der Waals surface area contributed by atoms with Crippen LogP contribution in [0.25, 0.3) is 0 Å². The topological polar surface area (TPSA) is 66.8 Å². The maximum atomic E-state index is 12.6. The number of benzene rings is 1. The van der Waals surface area contributed by atoms with E-state index in [2.05, 4.69) is 0 Å². The van der Waals surface area contributed by atoms with E-state index in [4.69, 9.17) is 9.84 Å². The number of carboxylic acid groups (broad SMARTS) is 1. The molecule has 5 heteroatoms. The highest BCUT2D eigenvalue weighted by atomic mass is 16.5. The van der Waals surface area contributed by atoms with Gasteiger partial charge in [-0.05, 0) is 44.4 Å². The molecule has 1 fully saturated rings. The van der Waals surface area contributed by atoms with Gasteiger partial charge < -0.3 is 14.7 Å². The highest BCUT2D eigenvalue weighted by Gasteiger charge is 2.28. The summed E-state index contributed by atoms with van der Waals surface area (Å²) >= 11 is 0. The Morgan fingerprint density at radius 3 is 2.91 bits per heavy atom. The van der Waals surface area contributed by atoms with Crippen LogP contribution in [0.3, 0.4) is 0 Å². The van der Waals surface area contributed by atoms with E-state index in [0.29, 0.717) is 24.3 Å². The molecule has 2 rings (SSSR count). The normalized spacial score (nSPS) is 19.5. The predicted octanol–water partition coefficient (Wildman–Crippen LogP) is 2.80. The maximum Gasteiger partial charge on any atom is 0.308 e. The Hall–Kier alpha value is -2.04. The number of hydrogen-bond acceptors (Lipinski definition) is 3. The summed E-state index contributed by atoms with van der Waals surface area (Å²) in [7, 11) is 0. The largest absolute Gasteiger partial charge is 0.491 e. The Labute approximate surface area is 130 Å². The molecule has 1 aromatic rings. The van der Waals surface area contributed by atoms with Crippen LogP contribution in [-0.2, 0) is 4.79 Å². The van der Waals surface area contributed by atoms with Crippen molar-refractivity contribution in [2.75, 3.05) is 13.1 Å². The van der Waals surface area contributed by atoms with Gasteiger partial charge in [-0.1, -0.05) is 13.0 Å². The Bertz CT molecular complexity index is 543. The summed E-state index contributed by atoms with van der Waals surface area (Å²) < 4.78 is 5.74. The Balaban J connectivity index is 2.08. The van der Waals surface area contributed by atoms with Gasteiger partial charge in [0.15, 0.2) is 0 Å². The Kier molecular flexibility index (Phi) is 5.41. The molecule has 120 valence electrons. The molecule has 0 aliphatic carbocycles. The molecular formula is C17H23NO4. The summed E-state index contributed by atoms with van der Waals surface area (Å²) in [6.45, 7) is 4.92. The number of carbonyl (C=O) groups excluding carboxylic acids is 1. The fraction of sp³-hybridized carbons (Fsp3) is 0.529. The van der Waals surface area contributed by atoms with E-state index in [1.54, 1.807) is 23.1 Å². The van der Waals surface area contributed by atoms with Gasteiger partial charge in [0.2, 0.25) is 0 Å². The van der Waals surface area contributed by atoms with Crippen molar-refractivity contribution in [1.29, 1.82) is 0 Å². The van der Waals surface area contributed by atoms with Crippen LogP contribution in [0.5, 0.6) is 5.75 Å². The van der Waals surface area contributed by atoms with Crippen molar-refractivity contribution < 1.29 is 19.4 Å². The third-order valence-electron chi connectivity index (χ3n) is 4.05. The van der Waals surface area contributed by atoms with Crippen LogP contribution in [-0.4, -0.2) is 41.1 Å². The van der Waals surface area contributed by atoms with Crippen molar-refractivity contribution in [3.8, 4) is 5.75 Å². The monoisotopic (exact) mass is 305 g/mol. The molecule has 2 unspecified atom stereocenters. The zero-order valence-corrected chi connectivity index (χ0v) is 13.1. The van der Waals surface area contributed by atoms with Crippen molar-refractivity contribution >= 4 is 11.9 Å². The second-order valence-corrected chi connectivity index (χ2v) is 5.79. The van der Waals surface area contributed by atoms with Gasteiger partial charge in [0.25, 0.3) is 5.91 Å². The molecule has 0 radical (unpaired) electrons. The molecular weight excluding hydrogens is 282 g/mol. The van der Waals surface area contributed by atoms with Gasteiger partial charge >= 0.3 is 5.97 Å². The van der Waals surface area contributed by atoms with E-state index in [-0.39, 0.29) is 18.6 Å². The lowest BCUT2D eigenvalue weighted by Crippen LogP contribution is -2.42. The summed E-state index contributed by atoms with van der Waals surface area (Å²) in [6, 6.07) is 7.11. The lowest BCUT2D eigenvalue weighted by molar-refractivity contribution is -0.143. The van der Waals surface area contributed by atoms with Gasteiger partial charge in [-0.2, -0.15) is 0 Å². The van der Waals surface area contributed by atoms with E-state index in [9.17, 15) is 9.59 Å². The average Bonchev–Trinajstić information content (AvgIpc) is 2.54. The molecule has 22 heavy (non-hydrogen) atoms. The number of hydrogen-bond donors (Lipinski definition) is 1. The smallest absolute Gasteiger partial charge is 0.308 e. The minimum atomic E-state index is -0.827. The quantitative estimate of drug-likeness (QED) is 0.908. The lowest BCUT2D eigenvalue weighted by Gasteiger charge is -2.30. The molecule has 2 atom stereocenters. The SMILES string of the molecule is CCC(C)Oc1cccc(C(=O)N2CCCC(C(=O)O)C2)c1. The van der Waals surface area contributed by atoms with Crippen LogP contribution in [0.2, 0.25) is 0 Å². The first kappa shape index (κ1) is 16.3. The predicted molar refractivity (Wildman–Crippen MR) is 83.1 cm³/mol. The molecule has 1 heterocycles. The number of aliphatic carboxylic acids is 1. The van der Waals surface area contributed by atoms with Gasteiger partial charge in [-0.25, -0.2) is 0 Å². The average molecular weight is 305 g/mol. The fourth-order valence-electron chi connectivity index (χ4n) is 2.56. The molecule has 0 aromatic heterocycles. The van der Waals surface area contributed by atoms with E-state index in [1.807, 2.05) is 19.9 Å². The summed E-state index contributed by atoms with van der Waals surface area (Å²) in [5.41, 5.74) is 0.548. The molecule has 0 saturated carbocycles. The highest BCUT2D eigenvalue weighted by molar-refractivity contribution is 5.95. The van der Waals surface area contributed by atoms with Gasteiger partial charge in [-0.15, -0.1) is 0 Å². The van der Waals surface area contributed by atoms with Crippen molar-refractivity contribution in [2.45, 2.75) is 39.2 Å². The first-order valence-corrected chi connectivity index (χ1v) is 7.80. The highest BCUT2D eigenvalue weighted by Crippen LogP contribution is 2.21. The summed E-state index contributed by atoms with van der Waals surface area (Å²) in [5.74, 6) is -0.740. The summed E-state index contributed by atoms with van der Waals surface area (Å²) in [5, 5.41) is 9.12. The molecule has 1 aromatic carbocycles. The molecule has 1 N–H and O–H groups in total. The summed E-state index contributed by atoms with van der Waals surface area (Å²) in [6.07, 6.45) is 2.35. The molecule has 1 amide bonds. The van der Waals surface area contributed by atoms with E-state index in [0.717, 1.165) is 12.8 Å². The van der Waals surface area contributed by atoms with Crippen molar-refractivity contribution in [1.82, 2.24) is 4.90 Å². The summed E-state index contributed by atoms with van der Waals surface area (Å²) in [4.78, 5) is 25.3. The van der Waals surface area contributed by atoms with Crippen LogP contribution < -0.4 is 4.74 Å². The minimum Gasteiger partial charge on any atom is -0.491 e. The fourth-order valence-corrected chi connectivity index (χ4v) is 2.56. The van der Waals surface area contributed by atoms with Crippen molar-refractivity contribution in [2.24, 2.45) is 5.92 Å². The number of rotatable bonds is 5. The van der Waals surface area contributed by atoms with Crippen LogP contribution in [0.4, 0.5) is 0 Å². The number of nitrogens with zero attached hydrogens (tertiary/aromatic N) is 1. The van der Waals surface area contributed by atoms with Crippen molar-refractivity contribution in [3.63, 3.8) is 0 Å². The molecule has 0 spiro atoms. The van der Waals surface area contributed by atoms with Crippen molar-refractivity contribution in [3.05, 3.63) is 29.8 Å². The van der Waals surface area contributed by atoms with Gasteiger partial charge in [0, 0.05) is 18.7 Å². The Morgan fingerprint density at radius 1 is 1.45 bits per heavy atom. The molecule has 5 nitrogen and oxygen atoms in total. The van der Waals surface area contributed by atoms with E-state index >= 15 is 0 Å². The number of amides is 1. The third-order valence-corrected chi connectivity index (χ3v) is 4.05. The first-order chi connectivity index (χ1) is 10.5.